The highest BCUT2D eigenvalue weighted by atomic mass is 79.9. The van der Waals surface area contributed by atoms with E-state index < -0.39 is 17.7 Å². The lowest BCUT2D eigenvalue weighted by Gasteiger charge is -2.15. The van der Waals surface area contributed by atoms with E-state index in [2.05, 4.69) is 15.9 Å². The zero-order chi connectivity index (χ0) is 14.0. The first-order valence-electron chi connectivity index (χ1n) is 5.57. The van der Waals surface area contributed by atoms with Gasteiger partial charge in [-0.2, -0.15) is 0 Å². The lowest BCUT2D eigenvalue weighted by molar-refractivity contribution is 0.404. The number of ether oxygens (including phenoxy) is 1. The Bertz CT molecular complexity index is 563. The molecule has 1 atom stereocenters. The monoisotopic (exact) mass is 327 g/mol. The molecule has 0 fully saturated rings. The van der Waals surface area contributed by atoms with Crippen molar-refractivity contribution in [2.45, 2.75) is 6.04 Å². The average molecular weight is 328 g/mol. The maximum atomic E-state index is 13.9. The smallest absolute Gasteiger partial charge is 0.134 e. The predicted octanol–water partition coefficient (Wildman–Crippen LogP) is 3.78. The van der Waals surface area contributed by atoms with Gasteiger partial charge in [0.15, 0.2) is 0 Å². The zero-order valence-corrected chi connectivity index (χ0v) is 11.7. The summed E-state index contributed by atoms with van der Waals surface area (Å²) in [6.07, 6.45) is 0. The van der Waals surface area contributed by atoms with Gasteiger partial charge < -0.3 is 10.5 Å². The van der Waals surface area contributed by atoms with Crippen molar-refractivity contribution in [3.63, 3.8) is 0 Å². The normalized spacial score (nSPS) is 12.3. The van der Waals surface area contributed by atoms with Crippen LogP contribution in [0.3, 0.4) is 0 Å². The summed E-state index contributed by atoms with van der Waals surface area (Å²) in [7, 11) is 1.35. The molecule has 2 aromatic carbocycles. The van der Waals surface area contributed by atoms with E-state index in [1.165, 1.54) is 7.11 Å². The SMILES string of the molecule is COc1cc(F)c(C(N)c2ccc(Br)cc2)c(F)c1. The van der Waals surface area contributed by atoms with Crippen molar-refractivity contribution in [1.82, 2.24) is 0 Å². The Hall–Kier alpha value is -1.46. The van der Waals surface area contributed by atoms with Crippen LogP contribution < -0.4 is 10.5 Å². The number of nitrogens with two attached hydrogens (primary N) is 1. The number of hydrogen-bond donors (Lipinski definition) is 1. The molecular formula is C14H12BrF2NO. The van der Waals surface area contributed by atoms with Gasteiger partial charge in [-0.3, -0.25) is 0 Å². The summed E-state index contributed by atoms with van der Waals surface area (Å²) in [6, 6.07) is 8.37. The quantitative estimate of drug-likeness (QED) is 0.931. The fourth-order valence-corrected chi connectivity index (χ4v) is 2.08. The molecule has 100 valence electrons. The first-order valence-corrected chi connectivity index (χ1v) is 6.36. The maximum Gasteiger partial charge on any atom is 0.134 e. The number of hydrogen-bond acceptors (Lipinski definition) is 2. The number of halogens is 3. The maximum absolute atomic E-state index is 13.9. The molecule has 0 aliphatic carbocycles. The number of benzene rings is 2. The third-order valence-electron chi connectivity index (χ3n) is 2.83. The van der Waals surface area contributed by atoms with Gasteiger partial charge in [-0.25, -0.2) is 8.78 Å². The van der Waals surface area contributed by atoms with Crippen LogP contribution in [0.4, 0.5) is 8.78 Å². The molecule has 0 saturated carbocycles. The second-order valence-corrected chi connectivity index (χ2v) is 4.95. The van der Waals surface area contributed by atoms with Crippen molar-refractivity contribution in [2.24, 2.45) is 5.73 Å². The summed E-state index contributed by atoms with van der Waals surface area (Å²) >= 11 is 3.29. The molecule has 0 saturated heterocycles. The molecule has 2 N–H and O–H groups in total. The van der Waals surface area contributed by atoms with E-state index in [9.17, 15) is 8.78 Å². The van der Waals surface area contributed by atoms with Gasteiger partial charge >= 0.3 is 0 Å². The Morgan fingerprint density at radius 1 is 1.11 bits per heavy atom. The van der Waals surface area contributed by atoms with Crippen LogP contribution in [0.1, 0.15) is 17.2 Å². The van der Waals surface area contributed by atoms with E-state index in [0.29, 0.717) is 5.56 Å². The highest BCUT2D eigenvalue weighted by molar-refractivity contribution is 9.10. The molecule has 0 aliphatic rings. The molecule has 0 radical (unpaired) electrons. The molecule has 0 bridgehead atoms. The van der Waals surface area contributed by atoms with Gasteiger partial charge in [-0.15, -0.1) is 0 Å². The van der Waals surface area contributed by atoms with E-state index in [-0.39, 0.29) is 11.3 Å². The third-order valence-corrected chi connectivity index (χ3v) is 3.36. The lowest BCUT2D eigenvalue weighted by Crippen LogP contribution is -2.15. The Labute approximate surface area is 118 Å². The largest absolute Gasteiger partial charge is 0.497 e. The van der Waals surface area contributed by atoms with Crippen LogP contribution in [0.15, 0.2) is 40.9 Å². The summed E-state index contributed by atoms with van der Waals surface area (Å²) in [5.41, 5.74) is 6.39. The van der Waals surface area contributed by atoms with Crippen LogP contribution in [0.25, 0.3) is 0 Å². The molecule has 0 heterocycles. The van der Waals surface area contributed by atoms with Crippen LogP contribution in [0.5, 0.6) is 5.75 Å². The lowest BCUT2D eigenvalue weighted by atomic mass is 9.98. The first-order chi connectivity index (χ1) is 9.02. The molecule has 2 rings (SSSR count). The second kappa shape index (κ2) is 5.67. The topological polar surface area (TPSA) is 35.2 Å². The van der Waals surface area contributed by atoms with Crippen molar-refractivity contribution in [2.75, 3.05) is 7.11 Å². The summed E-state index contributed by atoms with van der Waals surface area (Å²) in [6.45, 7) is 0. The average Bonchev–Trinajstić information content (AvgIpc) is 2.38. The Morgan fingerprint density at radius 3 is 2.11 bits per heavy atom. The van der Waals surface area contributed by atoms with E-state index in [1.807, 2.05) is 0 Å². The molecule has 0 spiro atoms. The molecule has 0 aromatic heterocycles. The van der Waals surface area contributed by atoms with Crippen molar-refractivity contribution in [3.8, 4) is 5.75 Å². The van der Waals surface area contributed by atoms with Crippen LogP contribution >= 0.6 is 15.9 Å². The van der Waals surface area contributed by atoms with E-state index >= 15 is 0 Å². The van der Waals surface area contributed by atoms with Crippen molar-refractivity contribution in [3.05, 3.63) is 63.6 Å². The van der Waals surface area contributed by atoms with Crippen LogP contribution in [0.2, 0.25) is 0 Å². The van der Waals surface area contributed by atoms with Crippen molar-refractivity contribution < 1.29 is 13.5 Å². The Balaban J connectivity index is 2.44. The summed E-state index contributed by atoms with van der Waals surface area (Å²) in [4.78, 5) is 0. The molecular weight excluding hydrogens is 316 g/mol. The van der Waals surface area contributed by atoms with Gasteiger partial charge in [0.05, 0.1) is 13.2 Å². The minimum absolute atomic E-state index is 0.127. The van der Waals surface area contributed by atoms with Crippen molar-refractivity contribution >= 4 is 15.9 Å². The van der Waals surface area contributed by atoms with Crippen LogP contribution in [0, 0.1) is 11.6 Å². The standard InChI is InChI=1S/C14H12BrF2NO/c1-19-10-6-11(16)13(12(17)7-10)14(18)8-2-4-9(15)5-3-8/h2-7,14H,18H2,1H3. The summed E-state index contributed by atoms with van der Waals surface area (Å²) in [5, 5.41) is 0. The second-order valence-electron chi connectivity index (χ2n) is 4.03. The Morgan fingerprint density at radius 2 is 1.63 bits per heavy atom. The van der Waals surface area contributed by atoms with Crippen LogP contribution in [-0.4, -0.2) is 7.11 Å². The third kappa shape index (κ3) is 2.93. The Kier molecular flexibility index (Phi) is 4.17. The van der Waals surface area contributed by atoms with Gasteiger partial charge in [0, 0.05) is 22.2 Å². The van der Waals surface area contributed by atoms with Crippen LogP contribution in [-0.2, 0) is 0 Å². The molecule has 2 nitrogen and oxygen atoms in total. The minimum Gasteiger partial charge on any atom is -0.497 e. The van der Waals surface area contributed by atoms with Gasteiger partial charge in [0.1, 0.15) is 17.4 Å². The minimum atomic E-state index is -0.862. The first kappa shape index (κ1) is 14.0. The van der Waals surface area contributed by atoms with Crippen molar-refractivity contribution in [1.29, 1.82) is 0 Å². The molecule has 0 aliphatic heterocycles. The summed E-state index contributed by atoms with van der Waals surface area (Å²) in [5.74, 6) is -1.30. The number of rotatable bonds is 3. The zero-order valence-electron chi connectivity index (χ0n) is 10.2. The molecule has 5 heteroatoms. The molecule has 2 aromatic rings. The van der Waals surface area contributed by atoms with Gasteiger partial charge in [0.2, 0.25) is 0 Å². The van der Waals surface area contributed by atoms with E-state index in [1.54, 1.807) is 24.3 Å². The van der Waals surface area contributed by atoms with E-state index in [0.717, 1.165) is 16.6 Å². The van der Waals surface area contributed by atoms with Gasteiger partial charge in [0.25, 0.3) is 0 Å². The molecule has 0 amide bonds. The van der Waals surface area contributed by atoms with E-state index in [4.69, 9.17) is 10.5 Å². The number of methoxy groups -OCH3 is 1. The van der Waals surface area contributed by atoms with Gasteiger partial charge in [-0.1, -0.05) is 28.1 Å². The molecule has 1 unspecified atom stereocenters. The fourth-order valence-electron chi connectivity index (χ4n) is 1.81. The predicted molar refractivity (Wildman–Crippen MR) is 73.1 cm³/mol. The highest BCUT2D eigenvalue weighted by Gasteiger charge is 2.19. The highest BCUT2D eigenvalue weighted by Crippen LogP contribution is 2.28. The summed E-state index contributed by atoms with van der Waals surface area (Å²) < 4.78 is 33.5. The van der Waals surface area contributed by atoms with Gasteiger partial charge in [-0.05, 0) is 17.7 Å². The molecule has 19 heavy (non-hydrogen) atoms. The fraction of sp³-hybridized carbons (Fsp3) is 0.143.